The number of benzene rings is 4. The molecule has 0 radical (unpaired) electrons. The Bertz CT molecular complexity index is 3790. The molecule has 13 heteroatoms. The lowest BCUT2D eigenvalue weighted by atomic mass is 10.0. The molecular weight excluding hydrogens is 1190 g/mol. The molecule has 89 heavy (non-hydrogen) atoms. The number of ether oxygens (including phenoxy) is 4. The third-order valence-corrected chi connectivity index (χ3v) is 21.9. The van der Waals surface area contributed by atoms with Crippen LogP contribution < -0.4 is 18.9 Å². The van der Waals surface area contributed by atoms with Crippen molar-refractivity contribution in [3.8, 4) is 96.3 Å². The van der Waals surface area contributed by atoms with E-state index in [0.29, 0.717) is 26.4 Å². The highest BCUT2D eigenvalue weighted by Crippen LogP contribution is 2.55. The van der Waals surface area contributed by atoms with Crippen molar-refractivity contribution in [3.63, 3.8) is 0 Å². The van der Waals surface area contributed by atoms with Crippen LogP contribution in [0.1, 0.15) is 192 Å². The second kappa shape index (κ2) is 34.5. The summed E-state index contributed by atoms with van der Waals surface area (Å²) in [4.78, 5) is 20.8. The van der Waals surface area contributed by atoms with E-state index in [1.54, 1.807) is 34.0 Å². The van der Waals surface area contributed by atoms with Crippen LogP contribution in [-0.4, -0.2) is 45.1 Å². The van der Waals surface area contributed by atoms with E-state index >= 15 is 0 Å². The average molecular weight is 1290 g/mol. The molecule has 0 saturated carbocycles. The first-order valence-electron chi connectivity index (χ1n) is 33.6. The Morgan fingerprint density at radius 3 is 1.17 bits per heavy atom. The van der Waals surface area contributed by atoms with Gasteiger partial charge in [-0.2, -0.15) is 8.75 Å². The Morgan fingerprint density at radius 2 is 0.719 bits per heavy atom. The van der Waals surface area contributed by atoms with Crippen LogP contribution in [0.2, 0.25) is 0 Å². The molecule has 0 aliphatic heterocycles. The molecule has 0 atom stereocenters. The van der Waals surface area contributed by atoms with Crippen LogP contribution in [0, 0.1) is 13.8 Å². The lowest BCUT2D eigenvalue weighted by molar-refractivity contribution is 0.260. The van der Waals surface area contributed by atoms with Crippen LogP contribution in [0.3, 0.4) is 0 Å². The first kappa shape index (κ1) is 66.0. The Balaban J connectivity index is 1.01. The summed E-state index contributed by atoms with van der Waals surface area (Å²) >= 11 is 8.48. The number of fused-ring (bicyclic) bond motifs is 2. The molecule has 10 aromatic rings. The van der Waals surface area contributed by atoms with Gasteiger partial charge in [0.1, 0.15) is 22.5 Å². The molecule has 8 nitrogen and oxygen atoms in total. The molecule has 0 unspecified atom stereocenters. The average Bonchev–Trinajstić information content (AvgIpc) is 1.78. The minimum atomic E-state index is 0.598. The molecule has 10 rings (SSSR count). The summed E-state index contributed by atoms with van der Waals surface area (Å²) in [6, 6.07) is 39.3. The largest absolute Gasteiger partial charge is 0.494 e. The smallest absolute Gasteiger partial charge is 0.172 e. The zero-order valence-electron chi connectivity index (χ0n) is 53.7. The standard InChI is InChI=1S/C76H92N4O4S5/c1-7-11-15-19-23-27-47-81-57-35-31-33-55(51-57)70-71(56-34-32-36-58(52-56)82-48-28-24-20-16-12-8-2)78-72-59(39-37-53(5)69(72)77-70)60-41-42-63(86-60)64-44-46-66(88-64)68-74-73(79-89-80-74)67(65-45-43-62(87-65)61-40-38-54(6)85-61)75(83-49-29-25-21-17-13-9-3)76(68)84-50-30-26-22-18-14-10-4/h31-46,51-52H,7-30,47-50H2,1-6H3. The van der Waals surface area contributed by atoms with E-state index < -0.39 is 0 Å². The van der Waals surface area contributed by atoms with Crippen molar-refractivity contribution in [2.24, 2.45) is 0 Å². The highest BCUT2D eigenvalue weighted by molar-refractivity contribution is 7.25. The van der Waals surface area contributed by atoms with Gasteiger partial charge in [-0.1, -0.05) is 193 Å². The summed E-state index contributed by atoms with van der Waals surface area (Å²) in [5, 5.41) is 0. The summed E-state index contributed by atoms with van der Waals surface area (Å²) in [6.07, 6.45) is 28.8. The number of unbranched alkanes of at least 4 members (excludes halogenated alkanes) is 20. The molecule has 0 aliphatic carbocycles. The number of nitrogens with zero attached hydrogens (tertiary/aromatic N) is 4. The number of hydrogen-bond donors (Lipinski definition) is 0. The predicted molar refractivity (Wildman–Crippen MR) is 385 cm³/mol. The topological polar surface area (TPSA) is 88.5 Å². The second-order valence-corrected chi connectivity index (χ2v) is 28.9. The van der Waals surface area contributed by atoms with E-state index in [1.807, 2.05) is 11.3 Å². The van der Waals surface area contributed by atoms with Crippen LogP contribution in [0.4, 0.5) is 0 Å². The third kappa shape index (κ3) is 17.6. The van der Waals surface area contributed by atoms with E-state index in [2.05, 4.69) is 151 Å². The Hall–Kier alpha value is -5.96. The highest BCUT2D eigenvalue weighted by atomic mass is 32.1. The van der Waals surface area contributed by atoms with Gasteiger partial charge in [-0.15, -0.1) is 45.3 Å². The van der Waals surface area contributed by atoms with Crippen molar-refractivity contribution in [2.75, 3.05) is 26.4 Å². The fourth-order valence-electron chi connectivity index (χ4n) is 11.7. The molecule has 470 valence electrons. The summed E-state index contributed by atoms with van der Waals surface area (Å²) in [6.45, 7) is 16.0. The Labute approximate surface area is 550 Å². The first-order valence-corrected chi connectivity index (χ1v) is 37.6. The molecular formula is C76H92N4O4S5. The molecule has 0 aliphatic rings. The second-order valence-electron chi connectivity index (χ2n) is 23.8. The summed E-state index contributed by atoms with van der Waals surface area (Å²) < 4.78 is 37.4. The quantitative estimate of drug-likeness (QED) is 0.0352. The number of aromatic nitrogens is 4. The van der Waals surface area contributed by atoms with E-state index in [4.69, 9.17) is 37.7 Å². The monoisotopic (exact) mass is 1280 g/mol. The molecule has 0 saturated heterocycles. The molecule has 0 spiro atoms. The van der Waals surface area contributed by atoms with Crippen molar-refractivity contribution < 1.29 is 18.9 Å². The minimum Gasteiger partial charge on any atom is -0.494 e. The molecule has 0 bridgehead atoms. The fraction of sp³-hybridized carbons (Fsp3) is 0.447. The number of thiophene rings is 4. The van der Waals surface area contributed by atoms with Crippen LogP contribution in [-0.2, 0) is 0 Å². The van der Waals surface area contributed by atoms with Gasteiger partial charge < -0.3 is 18.9 Å². The van der Waals surface area contributed by atoms with E-state index in [9.17, 15) is 0 Å². The van der Waals surface area contributed by atoms with E-state index in [0.717, 1.165) is 143 Å². The van der Waals surface area contributed by atoms with Crippen molar-refractivity contribution in [1.29, 1.82) is 0 Å². The van der Waals surface area contributed by atoms with Gasteiger partial charge in [-0.3, -0.25) is 0 Å². The van der Waals surface area contributed by atoms with Gasteiger partial charge in [0, 0.05) is 55.7 Å². The van der Waals surface area contributed by atoms with Gasteiger partial charge in [0.25, 0.3) is 0 Å². The third-order valence-electron chi connectivity index (χ3n) is 16.7. The molecule has 0 N–H and O–H groups in total. The van der Waals surface area contributed by atoms with Gasteiger partial charge in [0.2, 0.25) is 0 Å². The summed E-state index contributed by atoms with van der Waals surface area (Å²) in [7, 11) is 0. The Kier molecular flexibility index (Phi) is 25.5. The van der Waals surface area contributed by atoms with Gasteiger partial charge in [-0.05, 0) is 118 Å². The van der Waals surface area contributed by atoms with Crippen LogP contribution >= 0.6 is 57.1 Å². The minimum absolute atomic E-state index is 0.598. The van der Waals surface area contributed by atoms with Gasteiger partial charge in [-0.25, -0.2) is 9.97 Å². The molecule has 0 fully saturated rings. The van der Waals surface area contributed by atoms with Gasteiger partial charge in [0.05, 0.1) is 71.7 Å². The normalized spacial score (nSPS) is 11.6. The van der Waals surface area contributed by atoms with Crippen molar-refractivity contribution in [3.05, 3.63) is 120 Å². The number of aryl methyl sites for hydroxylation is 2. The maximum atomic E-state index is 7.16. The van der Waals surface area contributed by atoms with E-state index in [-0.39, 0.29) is 0 Å². The van der Waals surface area contributed by atoms with Gasteiger partial charge in [0.15, 0.2) is 11.5 Å². The van der Waals surface area contributed by atoms with Crippen LogP contribution in [0.25, 0.3) is 95.4 Å². The number of rotatable bonds is 39. The molecule has 0 amide bonds. The zero-order valence-corrected chi connectivity index (χ0v) is 57.7. The Morgan fingerprint density at radius 1 is 0.337 bits per heavy atom. The molecule has 6 aromatic heterocycles. The summed E-state index contributed by atoms with van der Waals surface area (Å²) in [5.41, 5.74) is 11.2. The zero-order chi connectivity index (χ0) is 61.6. The van der Waals surface area contributed by atoms with Crippen molar-refractivity contribution >= 4 is 79.1 Å². The number of hydrogen-bond acceptors (Lipinski definition) is 13. The van der Waals surface area contributed by atoms with Crippen LogP contribution in [0.5, 0.6) is 23.0 Å². The van der Waals surface area contributed by atoms with Gasteiger partial charge >= 0.3 is 0 Å². The summed E-state index contributed by atoms with van der Waals surface area (Å²) in [5.74, 6) is 3.27. The predicted octanol–water partition coefficient (Wildman–Crippen LogP) is 25.1. The lowest BCUT2D eigenvalue weighted by Crippen LogP contribution is -2.06. The van der Waals surface area contributed by atoms with Crippen LogP contribution in [0.15, 0.2) is 109 Å². The first-order chi connectivity index (χ1) is 43.8. The molecule has 4 aromatic carbocycles. The maximum absolute atomic E-state index is 7.16. The SMILES string of the molecule is CCCCCCCCOc1cccc(-c2nc3c(C)ccc(-c4ccc(-c5ccc(-c6c(OCCCCCCCC)c(OCCCCCCCC)c(-c7ccc(-c8ccc(C)s8)s7)c7nsnc67)s5)s4)c3nc2-c2cccc(OCCCCCCCC)c2)c1. The fourth-order valence-corrected chi connectivity index (χ4v) is 16.4. The van der Waals surface area contributed by atoms with Crippen molar-refractivity contribution in [1.82, 2.24) is 18.7 Å². The lowest BCUT2D eigenvalue weighted by Gasteiger charge is -2.20. The maximum Gasteiger partial charge on any atom is 0.172 e. The van der Waals surface area contributed by atoms with Crippen molar-refractivity contribution in [2.45, 2.75) is 196 Å². The highest BCUT2D eigenvalue weighted by Gasteiger charge is 2.30. The van der Waals surface area contributed by atoms with E-state index in [1.165, 1.54) is 152 Å². The molecule has 6 heterocycles.